The normalized spacial score (nSPS) is 11.7. The zero-order valence-electron chi connectivity index (χ0n) is 29.6. The third-order valence-electron chi connectivity index (χ3n) is 9.86. The van der Waals surface area contributed by atoms with E-state index in [9.17, 15) is 20.4 Å². The summed E-state index contributed by atoms with van der Waals surface area (Å²) in [6, 6.07) is 32.5. The minimum atomic E-state index is -0.219. The van der Waals surface area contributed by atoms with Gasteiger partial charge >= 0.3 is 5.75 Å². The molecule has 51 heavy (non-hydrogen) atoms. The van der Waals surface area contributed by atoms with Gasteiger partial charge in [-0.25, -0.2) is 0 Å². The Morgan fingerprint density at radius 2 is 1.10 bits per heavy atom. The van der Waals surface area contributed by atoms with Crippen molar-refractivity contribution in [1.29, 1.82) is 0 Å². The molecule has 0 bridgehead atoms. The lowest BCUT2D eigenvalue weighted by Crippen LogP contribution is -2.02. The number of phenolic OH excluding ortho intramolecular Hbond substituents is 4. The van der Waals surface area contributed by atoms with Crippen molar-refractivity contribution in [2.45, 2.75) is 59.8 Å². The number of aromatic hydroxyl groups is 4. The van der Waals surface area contributed by atoms with E-state index in [-0.39, 0.29) is 34.7 Å². The Bertz CT molecular complexity index is 2190. The second-order valence-electron chi connectivity index (χ2n) is 13.8. The van der Waals surface area contributed by atoms with E-state index in [1.54, 1.807) is 18.2 Å². The molecule has 6 aromatic rings. The number of hydrogen-bond donors (Lipinski definition) is 4. The molecule has 0 unspecified atom stereocenters. The van der Waals surface area contributed by atoms with Crippen LogP contribution in [0, 0.1) is 39.8 Å². The minimum absolute atomic E-state index is 0.180. The fourth-order valence-electron chi connectivity index (χ4n) is 6.69. The summed E-state index contributed by atoms with van der Waals surface area (Å²) in [5.74, 6) is 1.32. The maximum Gasteiger partial charge on any atom is 0.310 e. The van der Waals surface area contributed by atoms with Crippen molar-refractivity contribution in [2.75, 3.05) is 0 Å². The number of aryl methyl sites for hydroxylation is 4. The first kappa shape index (κ1) is 34.8. The van der Waals surface area contributed by atoms with Gasteiger partial charge in [0.2, 0.25) is 0 Å². The number of hydrogen-bond acceptors (Lipinski definition) is 4. The van der Waals surface area contributed by atoms with E-state index >= 15 is 0 Å². The minimum Gasteiger partial charge on any atom is -0.593 e. The fourth-order valence-corrected chi connectivity index (χ4v) is 6.69. The molecule has 0 aliphatic carbocycles. The van der Waals surface area contributed by atoms with E-state index in [0.29, 0.717) is 30.6 Å². The average molecular weight is 681 g/mol. The van der Waals surface area contributed by atoms with E-state index in [1.165, 1.54) is 0 Å². The van der Waals surface area contributed by atoms with Gasteiger partial charge in [0, 0.05) is 54.0 Å². The van der Waals surface area contributed by atoms with Crippen LogP contribution >= 0.6 is 0 Å². The predicted molar refractivity (Wildman–Crippen MR) is 203 cm³/mol. The van der Waals surface area contributed by atoms with Crippen LogP contribution in [-0.2, 0) is 19.3 Å². The summed E-state index contributed by atoms with van der Waals surface area (Å²) in [4.78, 5) is 0. The van der Waals surface area contributed by atoms with Crippen LogP contribution in [0.25, 0.3) is 11.1 Å². The summed E-state index contributed by atoms with van der Waals surface area (Å²) in [5, 5.41) is 60.2. The van der Waals surface area contributed by atoms with Gasteiger partial charge in [-0.2, -0.15) is 0 Å². The van der Waals surface area contributed by atoms with E-state index < -0.39 is 0 Å². The highest BCUT2D eigenvalue weighted by atomic mass is 16.3. The molecule has 0 saturated carbocycles. The third-order valence-corrected chi connectivity index (χ3v) is 9.86. The van der Waals surface area contributed by atoms with Crippen LogP contribution < -0.4 is 0 Å². The van der Waals surface area contributed by atoms with Crippen LogP contribution in [0.3, 0.4) is 0 Å². The van der Waals surface area contributed by atoms with Gasteiger partial charge < -0.3 is 30.6 Å². The highest BCUT2D eigenvalue weighted by Crippen LogP contribution is 2.41. The molecule has 0 aliphatic heterocycles. The van der Waals surface area contributed by atoms with Crippen molar-refractivity contribution in [3.8, 4) is 45.6 Å². The Hall–Kier alpha value is -6.06. The van der Waals surface area contributed by atoms with Gasteiger partial charge in [-0.05, 0) is 138 Å². The molecule has 6 nitrogen and oxygen atoms in total. The summed E-state index contributed by atoms with van der Waals surface area (Å²) in [6.07, 6.45) is 1.25. The van der Waals surface area contributed by atoms with Crippen LogP contribution in [0.1, 0.15) is 79.6 Å². The Morgan fingerprint density at radius 3 is 1.71 bits per heavy atom. The molecule has 1 atom stereocenters. The molecule has 0 radical (unpaired) electrons. The van der Waals surface area contributed by atoms with Gasteiger partial charge in [-0.15, -0.1) is 0 Å². The van der Waals surface area contributed by atoms with Crippen molar-refractivity contribution in [3.05, 3.63) is 164 Å². The van der Waals surface area contributed by atoms with Crippen molar-refractivity contribution < 1.29 is 30.6 Å². The van der Waals surface area contributed by atoms with Crippen LogP contribution in [-0.4, -0.2) is 30.6 Å². The number of benzene rings is 5. The van der Waals surface area contributed by atoms with Crippen molar-refractivity contribution in [3.63, 3.8) is 0 Å². The molecule has 6 rings (SSSR count). The highest BCUT2D eigenvalue weighted by molar-refractivity contribution is 5.72. The molecule has 0 spiro atoms. The summed E-state index contributed by atoms with van der Waals surface area (Å²) in [7, 11) is 0. The third kappa shape index (κ3) is 7.44. The zero-order chi connectivity index (χ0) is 36.6. The molecule has 0 saturated heterocycles. The van der Waals surface area contributed by atoms with Crippen LogP contribution in [0.2, 0.25) is 0 Å². The second-order valence-corrected chi connectivity index (χ2v) is 13.8. The maximum atomic E-state index is 11.9. The Kier molecular flexibility index (Phi) is 9.58. The van der Waals surface area contributed by atoms with Gasteiger partial charge in [-0.1, -0.05) is 37.3 Å². The quantitative estimate of drug-likeness (QED) is 0.114. The molecule has 258 valence electrons. The van der Waals surface area contributed by atoms with Crippen molar-refractivity contribution in [2.24, 2.45) is 0 Å². The molecular formula is C45H44O6+2. The first-order valence-corrected chi connectivity index (χ1v) is 17.0. The highest BCUT2D eigenvalue weighted by Gasteiger charge is 2.21. The van der Waals surface area contributed by atoms with Gasteiger partial charge in [0.25, 0.3) is 5.75 Å². The number of phenols is 4. The van der Waals surface area contributed by atoms with E-state index in [2.05, 4.69) is 12.1 Å². The average Bonchev–Trinajstić information content (AvgIpc) is 3.09. The smallest absolute Gasteiger partial charge is 0.310 e. The van der Waals surface area contributed by atoms with E-state index in [4.69, 9.17) is 10.2 Å². The second kappa shape index (κ2) is 14.0. The van der Waals surface area contributed by atoms with Crippen LogP contribution in [0.15, 0.2) is 84.9 Å². The van der Waals surface area contributed by atoms with Gasteiger partial charge in [0.05, 0.1) is 5.56 Å². The monoisotopic (exact) mass is 680 g/mol. The SMILES string of the molecule is Cc1cc(Cc2cc(-c3cc(Cc4ccc(O)c(C)c4)c(O)c([C@@H](C)c4ccc(O)c(C)c4)c3)cc(Cc3ccc([OH2+])c(C)c3)c2O)c#cc1[OH2+]. The van der Waals surface area contributed by atoms with E-state index in [0.717, 1.165) is 72.3 Å². The van der Waals surface area contributed by atoms with Gasteiger partial charge in [0.15, 0.2) is 0 Å². The molecule has 0 fully saturated rings. The standard InChI is InChI=1S/C45H42O6/c1-25-14-30(6-10-40(25)46)18-36-21-34(22-37(44(36)50)19-31-7-11-41(47)26(2)15-31)35-23-38(20-32-8-12-42(48)27(3)16-32)45(51)39(24-35)29(5)33-9-13-43(49)28(4)17-33/h6,8-10,12-17,21-24,29,46-51H,18-20H2,1-5H3/p+2/t29-/m0/s1. The maximum absolute atomic E-state index is 11.9. The summed E-state index contributed by atoms with van der Waals surface area (Å²) < 4.78 is 0. The zero-order valence-corrected chi connectivity index (χ0v) is 29.6. The van der Waals surface area contributed by atoms with Gasteiger partial charge in [-0.3, -0.25) is 0 Å². The molecule has 0 aromatic heterocycles. The predicted octanol–water partition coefficient (Wildman–Crippen LogP) is 8.81. The lowest BCUT2D eigenvalue weighted by Gasteiger charge is -2.21. The molecule has 0 aliphatic rings. The summed E-state index contributed by atoms with van der Waals surface area (Å²) in [6.45, 7) is 9.51. The lowest BCUT2D eigenvalue weighted by atomic mass is 9.85. The molecule has 0 heterocycles. The fraction of sp³-hybridized carbons (Fsp3) is 0.200. The molecule has 6 aromatic carbocycles. The molecule has 0 amide bonds. The van der Waals surface area contributed by atoms with Crippen LogP contribution in [0.5, 0.6) is 34.5 Å². The van der Waals surface area contributed by atoms with Crippen molar-refractivity contribution in [1.82, 2.24) is 0 Å². The lowest BCUT2D eigenvalue weighted by molar-refractivity contribution is 0.459. The molecule has 6 heteroatoms. The largest absolute Gasteiger partial charge is 0.593 e. The summed E-state index contributed by atoms with van der Waals surface area (Å²) in [5.41, 5.74) is 11.4. The van der Waals surface area contributed by atoms with Gasteiger partial charge in [0.1, 0.15) is 23.0 Å². The Balaban J connectivity index is 1.53. The Morgan fingerprint density at radius 1 is 0.549 bits per heavy atom. The number of rotatable bonds is 9. The molecular weight excluding hydrogens is 636 g/mol. The van der Waals surface area contributed by atoms with E-state index in [1.807, 2.05) is 101 Å². The first-order chi connectivity index (χ1) is 24.3. The topological polar surface area (TPSA) is 127 Å². The Labute approximate surface area is 299 Å². The van der Waals surface area contributed by atoms with Crippen molar-refractivity contribution >= 4 is 0 Å². The summed E-state index contributed by atoms with van der Waals surface area (Å²) >= 11 is 0. The van der Waals surface area contributed by atoms with Crippen LogP contribution in [0.4, 0.5) is 0 Å². The first-order valence-electron chi connectivity index (χ1n) is 17.0. The molecule has 8 N–H and O–H groups in total.